The molecule has 0 aliphatic carbocycles. The van der Waals surface area contributed by atoms with E-state index >= 15 is 0 Å². The molecule has 0 fully saturated rings. The molecule has 0 aromatic carbocycles. The molecule has 86 valence electrons. The molecule has 2 heterocycles. The van der Waals surface area contributed by atoms with Crippen LogP contribution in [0.25, 0.3) is 0 Å². The van der Waals surface area contributed by atoms with E-state index in [2.05, 4.69) is 46.3 Å². The van der Waals surface area contributed by atoms with Crippen LogP contribution in [0.1, 0.15) is 16.1 Å². The van der Waals surface area contributed by atoms with Gasteiger partial charge in [0.05, 0.1) is 21.4 Å². The quantitative estimate of drug-likeness (QED) is 0.940. The average Bonchev–Trinajstić information content (AvgIpc) is 2.72. The highest BCUT2D eigenvalue weighted by atomic mass is 79.9. The smallest absolute Gasteiger partial charge is 0.0759 e. The molecule has 0 saturated carbocycles. The number of aromatic nitrogens is 2. The van der Waals surface area contributed by atoms with Crippen molar-refractivity contribution in [1.29, 1.82) is 0 Å². The second-order valence-electron chi connectivity index (χ2n) is 3.79. The van der Waals surface area contributed by atoms with E-state index in [1.54, 1.807) is 11.3 Å². The number of thiophene rings is 1. The highest BCUT2D eigenvalue weighted by Gasteiger charge is 2.05. The fourth-order valence-corrected chi connectivity index (χ4v) is 3.03. The first-order valence-electron chi connectivity index (χ1n) is 5.05. The van der Waals surface area contributed by atoms with Gasteiger partial charge in [-0.2, -0.15) is 5.10 Å². The summed E-state index contributed by atoms with van der Waals surface area (Å²) >= 11 is 5.31. The van der Waals surface area contributed by atoms with Crippen molar-refractivity contribution >= 4 is 33.0 Å². The second kappa shape index (κ2) is 4.59. The van der Waals surface area contributed by atoms with Gasteiger partial charge in [-0.3, -0.25) is 4.68 Å². The molecule has 2 aromatic rings. The molecule has 2 rings (SSSR count). The van der Waals surface area contributed by atoms with E-state index in [1.807, 2.05) is 17.9 Å². The van der Waals surface area contributed by atoms with Gasteiger partial charge >= 0.3 is 0 Å². The van der Waals surface area contributed by atoms with Crippen LogP contribution in [-0.2, 0) is 13.6 Å². The molecule has 16 heavy (non-hydrogen) atoms. The third-order valence-electron chi connectivity index (χ3n) is 2.60. The molecule has 0 atom stereocenters. The molecule has 1 N–H and O–H groups in total. The Morgan fingerprint density at radius 2 is 2.25 bits per heavy atom. The summed E-state index contributed by atoms with van der Waals surface area (Å²) in [5.74, 6) is 0. The molecule has 0 aliphatic rings. The molecule has 0 unspecified atom stereocenters. The van der Waals surface area contributed by atoms with Crippen LogP contribution in [0.15, 0.2) is 16.0 Å². The Morgan fingerprint density at radius 3 is 2.75 bits per heavy atom. The van der Waals surface area contributed by atoms with Crippen LogP contribution in [0.5, 0.6) is 0 Å². The van der Waals surface area contributed by atoms with Gasteiger partial charge in [0.1, 0.15) is 0 Å². The lowest BCUT2D eigenvalue weighted by Crippen LogP contribution is -1.99. The normalized spacial score (nSPS) is 10.8. The molecule has 0 aliphatic heterocycles. The minimum absolute atomic E-state index is 0.851. The van der Waals surface area contributed by atoms with Crippen molar-refractivity contribution in [1.82, 2.24) is 9.78 Å². The molecule has 5 heteroatoms. The number of nitrogens with zero attached hydrogens (tertiary/aromatic N) is 2. The van der Waals surface area contributed by atoms with E-state index in [0.29, 0.717) is 0 Å². The second-order valence-corrected chi connectivity index (χ2v) is 6.24. The number of hydrogen-bond donors (Lipinski definition) is 1. The Bertz CT molecular complexity index is 482. The van der Waals surface area contributed by atoms with Crippen LogP contribution in [0.3, 0.4) is 0 Å². The summed E-state index contributed by atoms with van der Waals surface area (Å²) in [7, 11) is 1.95. The molecule has 2 aromatic heterocycles. The minimum Gasteiger partial charge on any atom is -0.377 e. The Kier molecular flexibility index (Phi) is 3.35. The summed E-state index contributed by atoms with van der Waals surface area (Å²) in [6.07, 6.45) is 1.87. The predicted octanol–water partition coefficient (Wildman–Crippen LogP) is 3.47. The minimum atomic E-state index is 0.851. The molecular weight excluding hydrogens is 286 g/mol. The lowest BCUT2D eigenvalue weighted by Gasteiger charge is -2.03. The summed E-state index contributed by atoms with van der Waals surface area (Å²) in [5.41, 5.74) is 3.56. The van der Waals surface area contributed by atoms with Crippen molar-refractivity contribution < 1.29 is 0 Å². The molecule has 0 spiro atoms. The number of halogens is 1. The first-order chi connectivity index (χ1) is 7.58. The van der Waals surface area contributed by atoms with E-state index in [9.17, 15) is 0 Å². The van der Waals surface area contributed by atoms with Crippen molar-refractivity contribution in [2.45, 2.75) is 20.4 Å². The number of aryl methyl sites for hydroxylation is 2. The Balaban J connectivity index is 2.05. The number of anilines is 1. The van der Waals surface area contributed by atoms with Crippen molar-refractivity contribution in [2.75, 3.05) is 5.32 Å². The zero-order chi connectivity index (χ0) is 11.7. The van der Waals surface area contributed by atoms with Crippen LogP contribution >= 0.6 is 27.3 Å². The summed E-state index contributed by atoms with van der Waals surface area (Å²) in [6, 6.07) is 2.20. The van der Waals surface area contributed by atoms with Crippen molar-refractivity contribution in [2.24, 2.45) is 7.05 Å². The van der Waals surface area contributed by atoms with Gasteiger partial charge in [0.25, 0.3) is 0 Å². The lowest BCUT2D eigenvalue weighted by molar-refractivity contribution is 0.740. The fraction of sp³-hybridized carbons (Fsp3) is 0.364. The molecule has 0 radical (unpaired) electrons. The SMILES string of the molecule is Cc1cc(CNc2cnn(C)c2C)sc1Br. The third kappa shape index (κ3) is 2.30. The maximum absolute atomic E-state index is 4.20. The van der Waals surface area contributed by atoms with Crippen molar-refractivity contribution in [3.63, 3.8) is 0 Å². The van der Waals surface area contributed by atoms with Gasteiger partial charge in [-0.15, -0.1) is 11.3 Å². The van der Waals surface area contributed by atoms with Gasteiger partial charge in [-0.1, -0.05) is 0 Å². The number of nitrogens with one attached hydrogen (secondary N) is 1. The molecule has 3 nitrogen and oxygen atoms in total. The first kappa shape index (κ1) is 11.7. The standard InChI is InChI=1S/C11H14BrN3S/c1-7-4-9(16-11(7)12)5-13-10-6-14-15(3)8(10)2/h4,6,13H,5H2,1-3H3. The fourth-order valence-electron chi connectivity index (χ4n) is 1.46. The summed E-state index contributed by atoms with van der Waals surface area (Å²) < 4.78 is 3.09. The number of hydrogen-bond acceptors (Lipinski definition) is 3. The Labute approximate surface area is 108 Å². The van der Waals surface area contributed by atoms with E-state index < -0.39 is 0 Å². The highest BCUT2D eigenvalue weighted by molar-refractivity contribution is 9.11. The van der Waals surface area contributed by atoms with E-state index in [0.717, 1.165) is 17.9 Å². The van der Waals surface area contributed by atoms with Crippen LogP contribution in [0.4, 0.5) is 5.69 Å². The monoisotopic (exact) mass is 299 g/mol. The maximum Gasteiger partial charge on any atom is 0.0759 e. The largest absolute Gasteiger partial charge is 0.377 e. The first-order valence-corrected chi connectivity index (χ1v) is 6.66. The van der Waals surface area contributed by atoms with Gasteiger partial charge < -0.3 is 5.32 Å². The zero-order valence-electron chi connectivity index (χ0n) is 9.54. The topological polar surface area (TPSA) is 29.9 Å². The van der Waals surface area contributed by atoms with Gasteiger partial charge in [0.2, 0.25) is 0 Å². The zero-order valence-corrected chi connectivity index (χ0v) is 11.9. The van der Waals surface area contributed by atoms with Crippen molar-refractivity contribution in [3.8, 4) is 0 Å². The predicted molar refractivity (Wildman–Crippen MR) is 72.0 cm³/mol. The summed E-state index contributed by atoms with van der Waals surface area (Å²) in [5, 5.41) is 7.60. The summed E-state index contributed by atoms with van der Waals surface area (Å²) in [6.45, 7) is 5.02. The maximum atomic E-state index is 4.20. The third-order valence-corrected chi connectivity index (χ3v) is 4.73. The van der Waals surface area contributed by atoms with E-state index in [4.69, 9.17) is 0 Å². The van der Waals surface area contributed by atoms with E-state index in [-0.39, 0.29) is 0 Å². The van der Waals surface area contributed by atoms with Crippen LogP contribution in [-0.4, -0.2) is 9.78 Å². The lowest BCUT2D eigenvalue weighted by atomic mass is 10.3. The van der Waals surface area contributed by atoms with Gasteiger partial charge in [-0.25, -0.2) is 0 Å². The van der Waals surface area contributed by atoms with E-state index in [1.165, 1.54) is 14.2 Å². The average molecular weight is 300 g/mol. The Morgan fingerprint density at radius 1 is 1.50 bits per heavy atom. The Hall–Kier alpha value is -0.810. The van der Waals surface area contributed by atoms with Crippen molar-refractivity contribution in [3.05, 3.63) is 32.2 Å². The van der Waals surface area contributed by atoms with Gasteiger partial charge in [0, 0.05) is 18.5 Å². The van der Waals surface area contributed by atoms with Crippen LogP contribution in [0, 0.1) is 13.8 Å². The van der Waals surface area contributed by atoms with Crippen LogP contribution in [0.2, 0.25) is 0 Å². The van der Waals surface area contributed by atoms with Gasteiger partial charge in [-0.05, 0) is 41.4 Å². The highest BCUT2D eigenvalue weighted by Crippen LogP contribution is 2.28. The number of rotatable bonds is 3. The summed E-state index contributed by atoms with van der Waals surface area (Å²) in [4.78, 5) is 1.33. The van der Waals surface area contributed by atoms with Gasteiger partial charge in [0.15, 0.2) is 0 Å². The molecule has 0 bridgehead atoms. The van der Waals surface area contributed by atoms with Crippen LogP contribution < -0.4 is 5.32 Å². The molecule has 0 amide bonds. The molecular formula is C11H14BrN3S. The molecule has 0 saturated heterocycles.